The van der Waals surface area contributed by atoms with Gasteiger partial charge in [0.15, 0.2) is 5.75 Å². The molecular weight excluding hydrogens is 357 g/mol. The molecule has 4 nitrogen and oxygen atoms in total. The molecule has 8 heteroatoms. The van der Waals surface area contributed by atoms with Crippen molar-refractivity contribution < 1.29 is 13.5 Å². The van der Waals surface area contributed by atoms with Gasteiger partial charge in [-0.15, -0.1) is 0 Å². The van der Waals surface area contributed by atoms with E-state index in [1.54, 1.807) is 24.3 Å². The molecule has 0 aliphatic carbocycles. The summed E-state index contributed by atoms with van der Waals surface area (Å²) in [6.07, 6.45) is 0. The van der Waals surface area contributed by atoms with E-state index in [0.29, 0.717) is 10.6 Å². The van der Waals surface area contributed by atoms with Crippen LogP contribution in [0.15, 0.2) is 41.3 Å². The van der Waals surface area contributed by atoms with Gasteiger partial charge in [0.1, 0.15) is 4.90 Å². The molecule has 2 aromatic carbocycles. The summed E-state index contributed by atoms with van der Waals surface area (Å²) in [6, 6.07) is 9.20. The summed E-state index contributed by atoms with van der Waals surface area (Å²) >= 11 is 17.4. The highest BCUT2D eigenvalue weighted by molar-refractivity contribution is 7.89. The second kappa shape index (κ2) is 6.42. The number of halogens is 3. The zero-order valence-electron chi connectivity index (χ0n) is 10.5. The quantitative estimate of drug-likeness (QED) is 0.864. The van der Waals surface area contributed by atoms with Crippen LogP contribution in [0.5, 0.6) is 5.75 Å². The first-order valence-electron chi connectivity index (χ1n) is 5.72. The third kappa shape index (κ3) is 3.81. The van der Waals surface area contributed by atoms with E-state index in [2.05, 4.69) is 4.72 Å². The Morgan fingerprint density at radius 2 is 1.71 bits per heavy atom. The van der Waals surface area contributed by atoms with Crippen LogP contribution in [0.4, 0.5) is 0 Å². The SMILES string of the molecule is O=S(=O)(NCc1ccccc1Cl)c1cc(Cl)cc(Cl)c1O. The molecule has 0 spiro atoms. The Hall–Kier alpha value is -0.980. The van der Waals surface area contributed by atoms with E-state index in [-0.39, 0.29) is 21.5 Å². The van der Waals surface area contributed by atoms with Crippen LogP contribution in [0.1, 0.15) is 5.56 Å². The Morgan fingerprint density at radius 1 is 1.05 bits per heavy atom. The number of benzene rings is 2. The summed E-state index contributed by atoms with van der Waals surface area (Å²) in [7, 11) is -3.98. The molecule has 0 aliphatic rings. The minimum absolute atomic E-state index is 0.0222. The molecule has 2 N–H and O–H groups in total. The first-order chi connectivity index (χ1) is 9.81. The molecule has 0 saturated carbocycles. The third-order valence-corrected chi connectivity index (χ3v) is 4.98. The van der Waals surface area contributed by atoms with Crippen molar-refractivity contribution in [1.82, 2.24) is 4.72 Å². The Morgan fingerprint density at radius 3 is 2.38 bits per heavy atom. The molecule has 2 rings (SSSR count). The minimum atomic E-state index is -3.98. The van der Waals surface area contributed by atoms with E-state index in [9.17, 15) is 13.5 Å². The number of hydrogen-bond donors (Lipinski definition) is 2. The van der Waals surface area contributed by atoms with Gasteiger partial charge in [0, 0.05) is 16.6 Å². The van der Waals surface area contributed by atoms with Crippen molar-refractivity contribution in [2.24, 2.45) is 0 Å². The summed E-state index contributed by atoms with van der Waals surface area (Å²) in [4.78, 5) is -0.382. The predicted octanol–water partition coefficient (Wildman–Crippen LogP) is 3.83. The van der Waals surface area contributed by atoms with Gasteiger partial charge in [-0.3, -0.25) is 0 Å². The summed E-state index contributed by atoms with van der Waals surface area (Å²) in [5, 5.41) is 10.2. The number of rotatable bonds is 4. The van der Waals surface area contributed by atoms with Gasteiger partial charge < -0.3 is 5.11 Å². The van der Waals surface area contributed by atoms with E-state index in [1.807, 2.05) is 0 Å². The molecule has 0 radical (unpaired) electrons. The number of phenols is 1. The van der Waals surface area contributed by atoms with Gasteiger partial charge in [-0.05, 0) is 23.8 Å². The zero-order valence-corrected chi connectivity index (χ0v) is 13.6. The first kappa shape index (κ1) is 16.4. The molecule has 21 heavy (non-hydrogen) atoms. The van der Waals surface area contributed by atoms with Crippen molar-refractivity contribution in [1.29, 1.82) is 0 Å². The fourth-order valence-corrected chi connectivity index (χ4v) is 3.60. The van der Waals surface area contributed by atoms with Crippen molar-refractivity contribution in [3.63, 3.8) is 0 Å². The van der Waals surface area contributed by atoms with Crippen LogP contribution in [0.3, 0.4) is 0 Å². The smallest absolute Gasteiger partial charge is 0.244 e. The molecule has 0 bridgehead atoms. The Balaban J connectivity index is 2.30. The molecule has 0 atom stereocenters. The van der Waals surface area contributed by atoms with Gasteiger partial charge in [0.25, 0.3) is 0 Å². The Bertz CT molecular complexity index is 778. The lowest BCUT2D eigenvalue weighted by atomic mass is 10.2. The van der Waals surface area contributed by atoms with Gasteiger partial charge in [-0.2, -0.15) is 0 Å². The van der Waals surface area contributed by atoms with Crippen molar-refractivity contribution in [2.75, 3.05) is 0 Å². The lowest BCUT2D eigenvalue weighted by molar-refractivity contribution is 0.458. The van der Waals surface area contributed by atoms with Crippen LogP contribution >= 0.6 is 34.8 Å². The van der Waals surface area contributed by atoms with Crippen LogP contribution in [-0.4, -0.2) is 13.5 Å². The molecule has 0 heterocycles. The van der Waals surface area contributed by atoms with Crippen molar-refractivity contribution >= 4 is 44.8 Å². The highest BCUT2D eigenvalue weighted by atomic mass is 35.5. The van der Waals surface area contributed by atoms with E-state index < -0.39 is 15.8 Å². The lowest BCUT2D eigenvalue weighted by Gasteiger charge is -2.10. The van der Waals surface area contributed by atoms with Crippen LogP contribution in [0.2, 0.25) is 15.1 Å². The zero-order chi connectivity index (χ0) is 15.6. The molecule has 0 amide bonds. The van der Waals surface area contributed by atoms with Gasteiger partial charge in [0.2, 0.25) is 10.0 Å². The predicted molar refractivity (Wildman–Crippen MR) is 83.6 cm³/mol. The highest BCUT2D eigenvalue weighted by Crippen LogP contribution is 2.34. The summed E-state index contributed by atoms with van der Waals surface area (Å²) < 4.78 is 26.8. The topological polar surface area (TPSA) is 66.4 Å². The van der Waals surface area contributed by atoms with E-state index in [1.165, 1.54) is 6.07 Å². The second-order valence-corrected chi connectivity index (χ2v) is 7.14. The minimum Gasteiger partial charge on any atom is -0.505 e. The largest absolute Gasteiger partial charge is 0.505 e. The summed E-state index contributed by atoms with van der Waals surface area (Å²) in [5.74, 6) is -0.548. The van der Waals surface area contributed by atoms with Gasteiger partial charge >= 0.3 is 0 Å². The Kier molecular flexibility index (Phi) is 5.01. The van der Waals surface area contributed by atoms with Gasteiger partial charge in [-0.25, -0.2) is 13.1 Å². The van der Waals surface area contributed by atoms with Crippen LogP contribution in [0, 0.1) is 0 Å². The molecule has 2 aromatic rings. The fraction of sp³-hybridized carbons (Fsp3) is 0.0769. The van der Waals surface area contributed by atoms with Crippen LogP contribution < -0.4 is 4.72 Å². The number of aromatic hydroxyl groups is 1. The van der Waals surface area contributed by atoms with Crippen LogP contribution in [-0.2, 0) is 16.6 Å². The number of hydrogen-bond acceptors (Lipinski definition) is 3. The molecule has 0 fully saturated rings. The number of sulfonamides is 1. The standard InChI is InChI=1S/C13H10Cl3NO3S/c14-9-5-11(16)13(18)12(6-9)21(19,20)17-7-8-3-1-2-4-10(8)15/h1-6,17-18H,7H2. The highest BCUT2D eigenvalue weighted by Gasteiger charge is 2.21. The van der Waals surface area contributed by atoms with Crippen LogP contribution in [0.25, 0.3) is 0 Å². The van der Waals surface area contributed by atoms with Crippen molar-refractivity contribution in [2.45, 2.75) is 11.4 Å². The lowest BCUT2D eigenvalue weighted by Crippen LogP contribution is -2.23. The van der Waals surface area contributed by atoms with Crippen molar-refractivity contribution in [3.05, 3.63) is 57.0 Å². The van der Waals surface area contributed by atoms with Gasteiger partial charge in [0.05, 0.1) is 5.02 Å². The number of phenolic OH excluding ortho intramolecular Hbond substituents is 1. The maximum atomic E-state index is 12.2. The average molecular weight is 367 g/mol. The molecule has 0 saturated heterocycles. The molecule has 112 valence electrons. The molecule has 0 aromatic heterocycles. The van der Waals surface area contributed by atoms with E-state index >= 15 is 0 Å². The monoisotopic (exact) mass is 365 g/mol. The van der Waals surface area contributed by atoms with Gasteiger partial charge in [-0.1, -0.05) is 53.0 Å². The summed E-state index contributed by atoms with van der Waals surface area (Å²) in [6.45, 7) is -0.0222. The average Bonchev–Trinajstić information content (AvgIpc) is 2.42. The fourth-order valence-electron chi connectivity index (χ4n) is 1.64. The maximum absolute atomic E-state index is 12.2. The number of nitrogens with one attached hydrogen (secondary N) is 1. The molecule has 0 aliphatic heterocycles. The van der Waals surface area contributed by atoms with Crippen molar-refractivity contribution in [3.8, 4) is 5.75 Å². The molecular formula is C13H10Cl3NO3S. The van der Waals surface area contributed by atoms with E-state index in [0.717, 1.165) is 6.07 Å². The van der Waals surface area contributed by atoms with E-state index in [4.69, 9.17) is 34.8 Å². The summed E-state index contributed by atoms with van der Waals surface area (Å²) in [5.41, 5.74) is 0.607. The Labute approximate surface area is 137 Å². The second-order valence-electron chi connectivity index (χ2n) is 4.15. The maximum Gasteiger partial charge on any atom is 0.244 e. The molecule has 0 unspecified atom stereocenters. The first-order valence-corrected chi connectivity index (χ1v) is 8.34. The normalized spacial score (nSPS) is 11.6. The third-order valence-electron chi connectivity index (χ3n) is 2.69.